The Labute approximate surface area is 106 Å². The molecule has 2 aromatic carbocycles. The van der Waals surface area contributed by atoms with Crippen LogP contribution >= 0.6 is 0 Å². The molecule has 0 amide bonds. The summed E-state index contributed by atoms with van der Waals surface area (Å²) in [5, 5.41) is 9.20. The van der Waals surface area contributed by atoms with Crippen molar-refractivity contribution in [3.8, 4) is 5.75 Å². The Balaban J connectivity index is 2.33. The Morgan fingerprint density at radius 3 is 2.44 bits per heavy atom. The van der Waals surface area contributed by atoms with Crippen LogP contribution in [0, 0.1) is 0 Å². The molecule has 0 unspecified atom stereocenters. The van der Waals surface area contributed by atoms with E-state index in [9.17, 15) is 9.90 Å². The van der Waals surface area contributed by atoms with Gasteiger partial charge < -0.3 is 5.11 Å². The summed E-state index contributed by atoms with van der Waals surface area (Å²) < 4.78 is 0. The number of carbonyl (C=O) groups is 1. The number of allylic oxidation sites excluding steroid dienone is 1. The molecule has 0 aliphatic carbocycles. The predicted molar refractivity (Wildman–Crippen MR) is 72.7 cm³/mol. The van der Waals surface area contributed by atoms with E-state index in [0.29, 0.717) is 11.1 Å². The van der Waals surface area contributed by atoms with Crippen molar-refractivity contribution in [1.29, 1.82) is 0 Å². The summed E-state index contributed by atoms with van der Waals surface area (Å²) in [4.78, 5) is 12.2. The minimum Gasteiger partial charge on any atom is -0.508 e. The third-order valence-electron chi connectivity index (χ3n) is 2.64. The molecule has 0 radical (unpaired) electrons. The summed E-state index contributed by atoms with van der Waals surface area (Å²) >= 11 is 0. The lowest BCUT2D eigenvalue weighted by molar-refractivity contribution is 0.103. The SMILES string of the molecule is C/C=C/c1cccc(C(=O)c2ccc(O)cc2)c1. The summed E-state index contributed by atoms with van der Waals surface area (Å²) in [5.74, 6) is 0.121. The van der Waals surface area contributed by atoms with E-state index in [2.05, 4.69) is 0 Å². The predicted octanol–water partition coefficient (Wildman–Crippen LogP) is 3.66. The third-order valence-corrected chi connectivity index (χ3v) is 2.64. The highest BCUT2D eigenvalue weighted by Crippen LogP contribution is 2.15. The Morgan fingerprint density at radius 2 is 1.78 bits per heavy atom. The molecule has 0 heterocycles. The topological polar surface area (TPSA) is 37.3 Å². The zero-order valence-electron chi connectivity index (χ0n) is 10.1. The van der Waals surface area contributed by atoms with E-state index in [0.717, 1.165) is 5.56 Å². The molecule has 0 aliphatic heterocycles. The summed E-state index contributed by atoms with van der Waals surface area (Å²) in [6, 6.07) is 13.8. The number of hydrogen-bond donors (Lipinski definition) is 1. The van der Waals surface area contributed by atoms with Gasteiger partial charge in [-0.25, -0.2) is 0 Å². The molecule has 0 atom stereocenters. The van der Waals surface area contributed by atoms with Crippen LogP contribution < -0.4 is 0 Å². The molecule has 0 aliphatic rings. The number of aromatic hydroxyl groups is 1. The molecule has 0 saturated heterocycles. The van der Waals surface area contributed by atoms with Gasteiger partial charge in [-0.3, -0.25) is 4.79 Å². The van der Waals surface area contributed by atoms with Crippen molar-refractivity contribution in [2.75, 3.05) is 0 Å². The Kier molecular flexibility index (Phi) is 3.58. The largest absolute Gasteiger partial charge is 0.508 e. The van der Waals surface area contributed by atoms with Crippen LogP contribution in [0.1, 0.15) is 28.4 Å². The first-order valence-corrected chi connectivity index (χ1v) is 5.77. The molecular formula is C16H14O2. The Morgan fingerprint density at radius 1 is 1.06 bits per heavy atom. The second-order valence-electron chi connectivity index (χ2n) is 4.00. The van der Waals surface area contributed by atoms with Crippen LogP contribution in [0.2, 0.25) is 0 Å². The maximum Gasteiger partial charge on any atom is 0.193 e. The fourth-order valence-corrected chi connectivity index (χ4v) is 1.76. The van der Waals surface area contributed by atoms with Crippen molar-refractivity contribution in [3.05, 3.63) is 71.3 Å². The molecule has 18 heavy (non-hydrogen) atoms. The maximum atomic E-state index is 12.2. The van der Waals surface area contributed by atoms with Gasteiger partial charge in [0.2, 0.25) is 0 Å². The first-order valence-electron chi connectivity index (χ1n) is 5.77. The molecule has 2 heteroatoms. The minimum absolute atomic E-state index is 0.0404. The number of hydrogen-bond acceptors (Lipinski definition) is 2. The number of benzene rings is 2. The van der Waals surface area contributed by atoms with Gasteiger partial charge >= 0.3 is 0 Å². The van der Waals surface area contributed by atoms with Crippen LogP contribution in [0.25, 0.3) is 6.08 Å². The first-order chi connectivity index (χ1) is 8.70. The summed E-state index contributed by atoms with van der Waals surface area (Å²) in [5.41, 5.74) is 2.23. The molecule has 0 aromatic heterocycles. The quantitative estimate of drug-likeness (QED) is 0.828. The fourth-order valence-electron chi connectivity index (χ4n) is 1.76. The summed E-state index contributed by atoms with van der Waals surface area (Å²) in [7, 11) is 0. The molecule has 2 rings (SSSR count). The van der Waals surface area contributed by atoms with E-state index in [-0.39, 0.29) is 11.5 Å². The van der Waals surface area contributed by atoms with E-state index < -0.39 is 0 Å². The third kappa shape index (κ3) is 2.66. The van der Waals surface area contributed by atoms with Gasteiger partial charge in [-0.1, -0.05) is 30.4 Å². The molecule has 0 fully saturated rings. The zero-order chi connectivity index (χ0) is 13.0. The van der Waals surface area contributed by atoms with Crippen LogP contribution in [-0.2, 0) is 0 Å². The van der Waals surface area contributed by atoms with Crippen molar-refractivity contribution in [2.45, 2.75) is 6.92 Å². The highest BCUT2D eigenvalue weighted by Gasteiger charge is 2.08. The molecule has 2 nitrogen and oxygen atoms in total. The Hall–Kier alpha value is -2.35. The normalized spacial score (nSPS) is 10.7. The van der Waals surface area contributed by atoms with Crippen LogP contribution in [0.4, 0.5) is 0 Å². The van der Waals surface area contributed by atoms with Crippen molar-refractivity contribution in [2.24, 2.45) is 0 Å². The van der Waals surface area contributed by atoms with E-state index in [4.69, 9.17) is 0 Å². The van der Waals surface area contributed by atoms with Crippen molar-refractivity contribution in [3.63, 3.8) is 0 Å². The van der Waals surface area contributed by atoms with E-state index in [1.807, 2.05) is 37.3 Å². The second-order valence-corrected chi connectivity index (χ2v) is 4.00. The minimum atomic E-state index is -0.0404. The second kappa shape index (κ2) is 5.32. The van der Waals surface area contributed by atoms with Crippen LogP contribution in [0.3, 0.4) is 0 Å². The van der Waals surface area contributed by atoms with Crippen LogP contribution in [-0.4, -0.2) is 10.9 Å². The van der Waals surface area contributed by atoms with Crippen LogP contribution in [0.5, 0.6) is 5.75 Å². The lowest BCUT2D eigenvalue weighted by atomic mass is 10.0. The Bertz CT molecular complexity index is 580. The van der Waals surface area contributed by atoms with Gasteiger partial charge in [0.15, 0.2) is 5.78 Å². The number of rotatable bonds is 3. The molecule has 0 bridgehead atoms. The van der Waals surface area contributed by atoms with Crippen molar-refractivity contribution >= 4 is 11.9 Å². The van der Waals surface area contributed by atoms with Gasteiger partial charge in [0.1, 0.15) is 5.75 Å². The van der Waals surface area contributed by atoms with Gasteiger partial charge in [-0.15, -0.1) is 0 Å². The molecule has 0 spiro atoms. The van der Waals surface area contributed by atoms with E-state index >= 15 is 0 Å². The fraction of sp³-hybridized carbons (Fsp3) is 0.0625. The number of carbonyl (C=O) groups excluding carboxylic acids is 1. The van der Waals surface area contributed by atoms with Gasteiger partial charge in [-0.05, 0) is 42.8 Å². The number of ketones is 1. The zero-order valence-corrected chi connectivity index (χ0v) is 10.1. The van der Waals surface area contributed by atoms with Crippen LogP contribution in [0.15, 0.2) is 54.6 Å². The van der Waals surface area contributed by atoms with Crippen molar-refractivity contribution in [1.82, 2.24) is 0 Å². The highest BCUT2D eigenvalue weighted by molar-refractivity contribution is 6.09. The monoisotopic (exact) mass is 238 g/mol. The molecule has 0 saturated carbocycles. The van der Waals surface area contributed by atoms with Gasteiger partial charge in [0.05, 0.1) is 0 Å². The molecule has 90 valence electrons. The summed E-state index contributed by atoms with van der Waals surface area (Å²) in [6.07, 6.45) is 3.89. The average Bonchev–Trinajstić information content (AvgIpc) is 2.39. The average molecular weight is 238 g/mol. The maximum absolute atomic E-state index is 12.2. The van der Waals surface area contributed by atoms with E-state index in [1.165, 1.54) is 12.1 Å². The lowest BCUT2D eigenvalue weighted by Crippen LogP contribution is -2.00. The van der Waals surface area contributed by atoms with Gasteiger partial charge in [-0.2, -0.15) is 0 Å². The summed E-state index contributed by atoms with van der Waals surface area (Å²) in [6.45, 7) is 1.94. The number of phenolic OH excluding ortho intramolecular Hbond substituents is 1. The molecular weight excluding hydrogens is 224 g/mol. The van der Waals surface area contributed by atoms with Gasteiger partial charge in [0, 0.05) is 11.1 Å². The van der Waals surface area contributed by atoms with E-state index in [1.54, 1.807) is 18.2 Å². The highest BCUT2D eigenvalue weighted by atomic mass is 16.3. The number of phenols is 1. The lowest BCUT2D eigenvalue weighted by Gasteiger charge is -2.02. The van der Waals surface area contributed by atoms with Crippen molar-refractivity contribution < 1.29 is 9.90 Å². The smallest absolute Gasteiger partial charge is 0.193 e. The molecule has 1 N–H and O–H groups in total. The van der Waals surface area contributed by atoms with Gasteiger partial charge in [0.25, 0.3) is 0 Å². The standard InChI is InChI=1S/C16H14O2/c1-2-4-12-5-3-6-14(11-12)16(18)13-7-9-15(17)10-8-13/h2-11,17H,1H3/b4-2+. The first kappa shape index (κ1) is 12.1. The molecule has 2 aromatic rings.